The van der Waals surface area contributed by atoms with Crippen LogP contribution in [0.15, 0.2) is 18.2 Å². The standard InChI is InChI=1S/C13H19ClFNO/c1-10(2)9-17-6-5-16-8-11-7-12(14)3-4-13(11)15/h3-4,7,10,16H,5-6,8-9H2,1-2H3. The van der Waals surface area contributed by atoms with Gasteiger partial charge < -0.3 is 10.1 Å². The van der Waals surface area contributed by atoms with Crippen LogP contribution in [0.2, 0.25) is 5.02 Å². The molecule has 0 unspecified atom stereocenters. The number of halogens is 2. The number of benzene rings is 1. The molecule has 0 heterocycles. The van der Waals surface area contributed by atoms with Crippen molar-refractivity contribution in [1.82, 2.24) is 5.32 Å². The van der Waals surface area contributed by atoms with E-state index in [1.165, 1.54) is 6.07 Å². The summed E-state index contributed by atoms with van der Waals surface area (Å²) in [4.78, 5) is 0. The Bertz CT molecular complexity index is 344. The van der Waals surface area contributed by atoms with Crippen LogP contribution in [0.5, 0.6) is 0 Å². The van der Waals surface area contributed by atoms with Gasteiger partial charge in [-0.05, 0) is 24.1 Å². The number of rotatable bonds is 7. The van der Waals surface area contributed by atoms with Gasteiger partial charge in [0.25, 0.3) is 0 Å². The first-order chi connectivity index (χ1) is 8.09. The Morgan fingerprint density at radius 1 is 1.41 bits per heavy atom. The Balaban J connectivity index is 2.20. The lowest BCUT2D eigenvalue weighted by Gasteiger charge is -2.08. The molecule has 0 aliphatic heterocycles. The van der Waals surface area contributed by atoms with Gasteiger partial charge in [-0.2, -0.15) is 0 Å². The number of hydrogen-bond acceptors (Lipinski definition) is 2. The van der Waals surface area contributed by atoms with Crippen LogP contribution in [0.1, 0.15) is 19.4 Å². The van der Waals surface area contributed by atoms with Crippen molar-refractivity contribution in [2.75, 3.05) is 19.8 Å². The smallest absolute Gasteiger partial charge is 0.127 e. The van der Waals surface area contributed by atoms with E-state index in [9.17, 15) is 4.39 Å². The molecule has 2 nitrogen and oxygen atoms in total. The third-order valence-electron chi connectivity index (χ3n) is 2.20. The number of nitrogens with one attached hydrogen (secondary N) is 1. The summed E-state index contributed by atoms with van der Waals surface area (Å²) in [7, 11) is 0. The van der Waals surface area contributed by atoms with Gasteiger partial charge in [0, 0.05) is 30.3 Å². The number of hydrogen-bond donors (Lipinski definition) is 1. The van der Waals surface area contributed by atoms with Crippen molar-refractivity contribution in [2.45, 2.75) is 20.4 Å². The molecular weight excluding hydrogens is 241 g/mol. The minimum Gasteiger partial charge on any atom is -0.380 e. The van der Waals surface area contributed by atoms with Crippen molar-refractivity contribution in [3.05, 3.63) is 34.6 Å². The quantitative estimate of drug-likeness (QED) is 0.759. The van der Waals surface area contributed by atoms with E-state index < -0.39 is 0 Å². The van der Waals surface area contributed by atoms with Gasteiger partial charge in [-0.3, -0.25) is 0 Å². The molecule has 1 aromatic carbocycles. The molecule has 1 rings (SSSR count). The summed E-state index contributed by atoms with van der Waals surface area (Å²) in [5.41, 5.74) is 0.585. The Hall–Kier alpha value is -0.640. The van der Waals surface area contributed by atoms with Gasteiger partial charge in [0.05, 0.1) is 6.61 Å². The zero-order valence-electron chi connectivity index (χ0n) is 10.3. The van der Waals surface area contributed by atoms with Crippen molar-refractivity contribution in [3.8, 4) is 0 Å². The Labute approximate surface area is 107 Å². The van der Waals surface area contributed by atoms with Crippen molar-refractivity contribution >= 4 is 11.6 Å². The molecule has 0 fully saturated rings. The van der Waals surface area contributed by atoms with Crippen LogP contribution < -0.4 is 5.32 Å². The van der Waals surface area contributed by atoms with Crippen LogP contribution in [0, 0.1) is 11.7 Å². The second kappa shape index (κ2) is 7.64. The van der Waals surface area contributed by atoms with Gasteiger partial charge >= 0.3 is 0 Å². The summed E-state index contributed by atoms with van der Waals surface area (Å²) < 4.78 is 18.7. The highest BCUT2D eigenvalue weighted by molar-refractivity contribution is 6.30. The van der Waals surface area contributed by atoms with Crippen LogP contribution in [0.3, 0.4) is 0 Å². The lowest BCUT2D eigenvalue weighted by atomic mass is 10.2. The lowest BCUT2D eigenvalue weighted by molar-refractivity contribution is 0.111. The second-order valence-corrected chi connectivity index (χ2v) is 4.82. The molecule has 0 atom stereocenters. The fourth-order valence-corrected chi connectivity index (χ4v) is 1.56. The van der Waals surface area contributed by atoms with Crippen molar-refractivity contribution in [1.29, 1.82) is 0 Å². The van der Waals surface area contributed by atoms with Crippen molar-refractivity contribution in [3.63, 3.8) is 0 Å². The highest BCUT2D eigenvalue weighted by Crippen LogP contribution is 2.14. The first-order valence-corrected chi connectivity index (χ1v) is 6.19. The van der Waals surface area contributed by atoms with Gasteiger partial charge in [0.15, 0.2) is 0 Å². The minimum absolute atomic E-state index is 0.231. The molecule has 0 aliphatic carbocycles. The van der Waals surface area contributed by atoms with Crippen LogP contribution in [0.4, 0.5) is 4.39 Å². The Kier molecular flexibility index (Phi) is 6.48. The zero-order valence-corrected chi connectivity index (χ0v) is 11.1. The maximum absolute atomic E-state index is 13.3. The van der Waals surface area contributed by atoms with E-state index in [1.54, 1.807) is 12.1 Å². The predicted molar refractivity (Wildman–Crippen MR) is 68.8 cm³/mol. The van der Waals surface area contributed by atoms with Crippen molar-refractivity contribution in [2.24, 2.45) is 5.92 Å². The molecule has 0 aliphatic rings. The van der Waals surface area contributed by atoms with Crippen LogP contribution >= 0.6 is 11.6 Å². The highest BCUT2D eigenvalue weighted by atomic mass is 35.5. The van der Waals surface area contributed by atoms with Gasteiger partial charge in [0.2, 0.25) is 0 Å². The van der Waals surface area contributed by atoms with Crippen LogP contribution in [-0.2, 0) is 11.3 Å². The Morgan fingerprint density at radius 3 is 2.88 bits per heavy atom. The zero-order chi connectivity index (χ0) is 12.7. The Morgan fingerprint density at radius 2 is 2.18 bits per heavy atom. The van der Waals surface area contributed by atoms with Gasteiger partial charge in [0.1, 0.15) is 5.82 Å². The lowest BCUT2D eigenvalue weighted by Crippen LogP contribution is -2.20. The molecule has 4 heteroatoms. The molecule has 96 valence electrons. The third kappa shape index (κ3) is 6.01. The van der Waals surface area contributed by atoms with E-state index >= 15 is 0 Å². The molecule has 0 saturated carbocycles. The molecule has 0 amide bonds. The summed E-state index contributed by atoms with van der Waals surface area (Å²) in [6, 6.07) is 4.57. The van der Waals surface area contributed by atoms with E-state index in [1.807, 2.05) is 0 Å². The SMILES string of the molecule is CC(C)COCCNCc1cc(Cl)ccc1F. The predicted octanol–water partition coefficient (Wildman–Crippen LogP) is 3.24. The molecule has 0 bridgehead atoms. The van der Waals surface area contributed by atoms with Crippen LogP contribution in [0.25, 0.3) is 0 Å². The fraction of sp³-hybridized carbons (Fsp3) is 0.538. The fourth-order valence-electron chi connectivity index (χ4n) is 1.37. The van der Waals surface area contributed by atoms with E-state index in [0.717, 1.165) is 6.61 Å². The highest BCUT2D eigenvalue weighted by Gasteiger charge is 2.02. The molecule has 1 N–H and O–H groups in total. The summed E-state index contributed by atoms with van der Waals surface area (Å²) in [6.07, 6.45) is 0. The molecule has 0 spiro atoms. The second-order valence-electron chi connectivity index (χ2n) is 4.38. The molecule has 1 aromatic rings. The topological polar surface area (TPSA) is 21.3 Å². The van der Waals surface area contributed by atoms with Crippen LogP contribution in [-0.4, -0.2) is 19.8 Å². The first kappa shape index (κ1) is 14.4. The summed E-state index contributed by atoms with van der Waals surface area (Å²) in [5.74, 6) is 0.311. The minimum atomic E-state index is -0.231. The van der Waals surface area contributed by atoms with E-state index in [2.05, 4.69) is 19.2 Å². The summed E-state index contributed by atoms with van der Waals surface area (Å²) in [5, 5.41) is 3.67. The largest absolute Gasteiger partial charge is 0.380 e. The normalized spacial score (nSPS) is 11.1. The van der Waals surface area contributed by atoms with E-state index in [0.29, 0.717) is 36.2 Å². The van der Waals surface area contributed by atoms with E-state index in [-0.39, 0.29) is 5.82 Å². The average molecular weight is 260 g/mol. The molecule has 0 aromatic heterocycles. The molecule has 0 radical (unpaired) electrons. The molecular formula is C13H19ClFNO. The first-order valence-electron chi connectivity index (χ1n) is 5.82. The maximum atomic E-state index is 13.3. The molecule has 0 saturated heterocycles. The number of ether oxygens (including phenoxy) is 1. The van der Waals surface area contributed by atoms with Gasteiger partial charge in [-0.25, -0.2) is 4.39 Å². The molecule has 17 heavy (non-hydrogen) atoms. The summed E-state index contributed by atoms with van der Waals surface area (Å²) >= 11 is 5.80. The van der Waals surface area contributed by atoms with Crippen molar-refractivity contribution < 1.29 is 9.13 Å². The van der Waals surface area contributed by atoms with E-state index in [4.69, 9.17) is 16.3 Å². The summed E-state index contributed by atoms with van der Waals surface area (Å²) in [6.45, 7) is 6.78. The van der Waals surface area contributed by atoms with Gasteiger partial charge in [-0.15, -0.1) is 0 Å². The van der Waals surface area contributed by atoms with Gasteiger partial charge in [-0.1, -0.05) is 25.4 Å². The average Bonchev–Trinajstić information content (AvgIpc) is 2.27. The maximum Gasteiger partial charge on any atom is 0.127 e. The monoisotopic (exact) mass is 259 g/mol. The third-order valence-corrected chi connectivity index (χ3v) is 2.43.